The van der Waals surface area contributed by atoms with Gasteiger partial charge in [-0.25, -0.2) is 4.98 Å². The van der Waals surface area contributed by atoms with E-state index in [-0.39, 0.29) is 5.95 Å². The summed E-state index contributed by atoms with van der Waals surface area (Å²) in [5.74, 6) is 0.811. The zero-order chi connectivity index (χ0) is 12.4. The third-order valence-electron chi connectivity index (χ3n) is 2.16. The van der Waals surface area contributed by atoms with Crippen LogP contribution in [0.15, 0.2) is 37.1 Å². The van der Waals surface area contributed by atoms with Crippen LogP contribution in [0.3, 0.4) is 0 Å². The normalized spacial score (nSPS) is 10.4. The fraction of sp³-hybridized carbons (Fsp3) is 0. The molecule has 3 heterocycles. The second-order valence-electron chi connectivity index (χ2n) is 3.37. The largest absolute Gasteiger partial charge is 0.368 e. The number of hydrogen-bond acceptors (Lipinski definition) is 7. The van der Waals surface area contributed by atoms with Crippen LogP contribution in [0.4, 0.5) is 5.95 Å². The van der Waals surface area contributed by atoms with E-state index in [1.54, 1.807) is 12.3 Å². The third-order valence-corrected chi connectivity index (χ3v) is 2.16. The van der Waals surface area contributed by atoms with Gasteiger partial charge in [-0.05, 0) is 12.1 Å². The van der Waals surface area contributed by atoms with E-state index in [9.17, 15) is 0 Å². The first-order chi connectivity index (χ1) is 8.83. The fourth-order valence-electron chi connectivity index (χ4n) is 1.40. The number of anilines is 1. The van der Waals surface area contributed by atoms with Gasteiger partial charge in [0.25, 0.3) is 5.95 Å². The first-order valence-corrected chi connectivity index (χ1v) is 5.11. The second kappa shape index (κ2) is 4.17. The van der Waals surface area contributed by atoms with E-state index in [1.165, 1.54) is 17.3 Å². The number of hydrogen-bond donors (Lipinski definition) is 1. The maximum absolute atomic E-state index is 5.65. The van der Waals surface area contributed by atoms with Crippen molar-refractivity contribution < 1.29 is 0 Å². The Balaban J connectivity index is 2.12. The quantitative estimate of drug-likeness (QED) is 0.676. The topological polar surface area (TPSA) is 108 Å². The summed E-state index contributed by atoms with van der Waals surface area (Å²) in [7, 11) is 0. The molecule has 0 fully saturated rings. The lowest BCUT2D eigenvalue weighted by Crippen LogP contribution is -2.08. The highest BCUT2D eigenvalue weighted by atomic mass is 15.4. The maximum atomic E-state index is 5.65. The Kier molecular flexibility index (Phi) is 2.38. The molecule has 8 nitrogen and oxygen atoms in total. The van der Waals surface area contributed by atoms with Crippen molar-refractivity contribution >= 4 is 5.95 Å². The van der Waals surface area contributed by atoms with Crippen molar-refractivity contribution in [1.82, 2.24) is 34.7 Å². The van der Waals surface area contributed by atoms with Gasteiger partial charge in [-0.3, -0.25) is 4.98 Å². The van der Waals surface area contributed by atoms with Gasteiger partial charge in [0.15, 0.2) is 5.82 Å². The Morgan fingerprint density at radius 3 is 2.78 bits per heavy atom. The molecule has 0 atom stereocenters. The number of pyridine rings is 1. The minimum atomic E-state index is 0.108. The SMILES string of the molecule is Nc1nc(-c2ccccn2)nc(-n2cncn2)n1. The van der Waals surface area contributed by atoms with Crippen LogP contribution in [0.2, 0.25) is 0 Å². The van der Waals surface area contributed by atoms with Crippen LogP contribution in [0, 0.1) is 0 Å². The highest BCUT2D eigenvalue weighted by Gasteiger charge is 2.09. The van der Waals surface area contributed by atoms with E-state index in [1.807, 2.05) is 12.1 Å². The summed E-state index contributed by atoms with van der Waals surface area (Å²) in [4.78, 5) is 20.3. The van der Waals surface area contributed by atoms with Crippen molar-refractivity contribution in [3.63, 3.8) is 0 Å². The molecule has 0 aliphatic carbocycles. The van der Waals surface area contributed by atoms with Gasteiger partial charge in [0.1, 0.15) is 18.3 Å². The highest BCUT2D eigenvalue weighted by Crippen LogP contribution is 2.12. The van der Waals surface area contributed by atoms with E-state index < -0.39 is 0 Å². The summed E-state index contributed by atoms with van der Waals surface area (Å²) >= 11 is 0. The predicted molar refractivity (Wildman–Crippen MR) is 62.4 cm³/mol. The Morgan fingerprint density at radius 1 is 1.11 bits per heavy atom. The van der Waals surface area contributed by atoms with E-state index in [4.69, 9.17) is 5.73 Å². The molecule has 0 bridgehead atoms. The highest BCUT2D eigenvalue weighted by molar-refractivity contribution is 5.50. The Bertz CT molecular complexity index is 649. The molecule has 18 heavy (non-hydrogen) atoms. The zero-order valence-electron chi connectivity index (χ0n) is 9.17. The molecule has 0 unspecified atom stereocenters. The standard InChI is InChI=1S/C10H8N8/c11-9-15-8(7-3-1-2-4-13-7)16-10(17-9)18-6-12-5-14-18/h1-6H,(H2,11,15,16,17). The maximum Gasteiger partial charge on any atom is 0.257 e. The molecule has 0 saturated carbocycles. The molecule has 3 rings (SSSR count). The second-order valence-corrected chi connectivity index (χ2v) is 3.37. The molecule has 0 radical (unpaired) electrons. The molecule has 2 N–H and O–H groups in total. The van der Waals surface area contributed by atoms with E-state index in [2.05, 4.69) is 30.0 Å². The van der Waals surface area contributed by atoms with Crippen molar-refractivity contribution in [3.8, 4) is 17.5 Å². The van der Waals surface area contributed by atoms with E-state index >= 15 is 0 Å². The van der Waals surface area contributed by atoms with Crippen molar-refractivity contribution in [1.29, 1.82) is 0 Å². The summed E-state index contributed by atoms with van der Waals surface area (Å²) in [6.45, 7) is 0. The van der Waals surface area contributed by atoms with Gasteiger partial charge in [-0.15, -0.1) is 0 Å². The molecule has 0 aliphatic rings. The average molecular weight is 240 g/mol. The monoisotopic (exact) mass is 240 g/mol. The van der Waals surface area contributed by atoms with Crippen molar-refractivity contribution in [2.75, 3.05) is 5.73 Å². The molecule has 3 aromatic heterocycles. The van der Waals surface area contributed by atoms with Crippen LogP contribution in [0.25, 0.3) is 17.5 Å². The number of nitrogen functional groups attached to an aromatic ring is 1. The summed E-state index contributed by atoms with van der Waals surface area (Å²) in [6.07, 6.45) is 4.53. The Hall–Kier alpha value is -2.90. The van der Waals surface area contributed by atoms with E-state index in [0.717, 1.165) is 0 Å². The summed E-state index contributed by atoms with van der Waals surface area (Å²) in [6, 6.07) is 5.45. The molecule has 0 saturated heterocycles. The third kappa shape index (κ3) is 1.86. The van der Waals surface area contributed by atoms with Gasteiger partial charge >= 0.3 is 0 Å². The van der Waals surface area contributed by atoms with Crippen LogP contribution in [-0.4, -0.2) is 34.7 Å². The molecule has 0 amide bonds. The molecule has 3 aromatic rings. The molecule has 0 aliphatic heterocycles. The van der Waals surface area contributed by atoms with Crippen LogP contribution in [-0.2, 0) is 0 Å². The zero-order valence-corrected chi connectivity index (χ0v) is 9.17. The van der Waals surface area contributed by atoms with Gasteiger partial charge in [-0.2, -0.15) is 24.7 Å². The number of nitrogens with zero attached hydrogens (tertiary/aromatic N) is 7. The smallest absolute Gasteiger partial charge is 0.257 e. The van der Waals surface area contributed by atoms with Crippen molar-refractivity contribution in [2.24, 2.45) is 0 Å². The average Bonchev–Trinajstić information content (AvgIpc) is 2.93. The lowest BCUT2D eigenvalue weighted by Gasteiger charge is -2.03. The summed E-state index contributed by atoms with van der Waals surface area (Å²) in [5.41, 5.74) is 6.27. The van der Waals surface area contributed by atoms with Crippen LogP contribution >= 0.6 is 0 Å². The minimum absolute atomic E-state index is 0.108. The van der Waals surface area contributed by atoms with Gasteiger partial charge in [-0.1, -0.05) is 6.07 Å². The van der Waals surface area contributed by atoms with Crippen LogP contribution in [0.5, 0.6) is 0 Å². The van der Waals surface area contributed by atoms with Gasteiger partial charge in [0, 0.05) is 6.20 Å². The van der Waals surface area contributed by atoms with Crippen molar-refractivity contribution in [3.05, 3.63) is 37.1 Å². The molecule has 0 spiro atoms. The van der Waals surface area contributed by atoms with Crippen molar-refractivity contribution in [2.45, 2.75) is 0 Å². The van der Waals surface area contributed by atoms with Gasteiger partial charge < -0.3 is 5.73 Å². The first kappa shape index (κ1) is 10.3. The Morgan fingerprint density at radius 2 is 2.06 bits per heavy atom. The molecular weight excluding hydrogens is 232 g/mol. The Labute approximate surface area is 102 Å². The van der Waals surface area contributed by atoms with Crippen LogP contribution < -0.4 is 5.73 Å². The first-order valence-electron chi connectivity index (χ1n) is 5.11. The van der Waals surface area contributed by atoms with E-state index in [0.29, 0.717) is 17.5 Å². The number of nitrogens with two attached hydrogens (primary N) is 1. The molecule has 88 valence electrons. The fourth-order valence-corrected chi connectivity index (χ4v) is 1.40. The van der Waals surface area contributed by atoms with Gasteiger partial charge in [0.05, 0.1) is 0 Å². The summed E-state index contributed by atoms with van der Waals surface area (Å²) < 4.78 is 1.41. The lowest BCUT2D eigenvalue weighted by atomic mass is 10.3. The molecule has 8 heteroatoms. The minimum Gasteiger partial charge on any atom is -0.368 e. The number of rotatable bonds is 2. The predicted octanol–water partition coefficient (Wildman–Crippen LogP) is 0.0965. The molecule has 0 aromatic carbocycles. The van der Waals surface area contributed by atoms with Crippen LogP contribution in [0.1, 0.15) is 0 Å². The number of aromatic nitrogens is 7. The molecular formula is C10H8N8. The summed E-state index contributed by atoms with van der Waals surface area (Å²) in [5, 5.41) is 3.94. The lowest BCUT2D eigenvalue weighted by molar-refractivity contribution is 0.799. The van der Waals surface area contributed by atoms with Gasteiger partial charge in [0.2, 0.25) is 5.95 Å².